The van der Waals surface area contributed by atoms with Gasteiger partial charge in [0.05, 0.1) is 26.0 Å². The van der Waals surface area contributed by atoms with Gasteiger partial charge in [-0.05, 0) is 31.2 Å². The molecule has 0 aliphatic heterocycles. The molecule has 0 saturated heterocycles. The van der Waals surface area contributed by atoms with Crippen molar-refractivity contribution in [3.8, 4) is 22.1 Å². The lowest BCUT2D eigenvalue weighted by molar-refractivity contribution is 0.311. The molecule has 0 bridgehead atoms. The molecule has 0 atom stereocenters. The highest BCUT2D eigenvalue weighted by atomic mass is 32.1. The van der Waals surface area contributed by atoms with Crippen molar-refractivity contribution in [3.05, 3.63) is 64.0 Å². The van der Waals surface area contributed by atoms with Crippen LogP contribution in [0.3, 0.4) is 0 Å². The maximum Gasteiger partial charge on any atom is 0.250 e. The second-order valence-electron chi connectivity index (χ2n) is 5.11. The molecule has 2 heterocycles. The van der Waals surface area contributed by atoms with Crippen LogP contribution in [0.25, 0.3) is 10.6 Å². The summed E-state index contributed by atoms with van der Waals surface area (Å²) in [4.78, 5) is 16.4. The van der Waals surface area contributed by atoms with Gasteiger partial charge in [0.1, 0.15) is 5.01 Å². The summed E-state index contributed by atoms with van der Waals surface area (Å²) in [7, 11) is 1.62. The normalized spacial score (nSPS) is 10.6. The third-order valence-electron chi connectivity index (χ3n) is 3.49. The maximum atomic E-state index is 11.8. The third-order valence-corrected chi connectivity index (χ3v) is 4.43. The number of hydrogen-bond acceptors (Lipinski definition) is 5. The molecule has 0 spiro atoms. The second kappa shape index (κ2) is 7.31. The first-order valence-electron chi connectivity index (χ1n) is 7.62. The molecular weight excluding hydrogens is 324 g/mol. The van der Waals surface area contributed by atoms with Gasteiger partial charge >= 0.3 is 0 Å². The smallest absolute Gasteiger partial charge is 0.250 e. The van der Waals surface area contributed by atoms with Gasteiger partial charge in [-0.25, -0.2) is 4.98 Å². The first-order chi connectivity index (χ1) is 11.7. The van der Waals surface area contributed by atoms with Crippen LogP contribution in [0.5, 0.6) is 11.5 Å². The molecule has 124 valence electrons. The van der Waals surface area contributed by atoms with Crippen LogP contribution >= 0.6 is 11.3 Å². The summed E-state index contributed by atoms with van der Waals surface area (Å²) < 4.78 is 12.6. The van der Waals surface area contributed by atoms with Gasteiger partial charge in [0.15, 0.2) is 11.5 Å². The Hall–Kier alpha value is -2.60. The van der Waals surface area contributed by atoms with Crippen LogP contribution in [0, 0.1) is 0 Å². The molecule has 5 nitrogen and oxygen atoms in total. The molecule has 3 rings (SSSR count). The Balaban J connectivity index is 1.85. The van der Waals surface area contributed by atoms with Crippen molar-refractivity contribution in [1.82, 2.24) is 9.55 Å². The van der Waals surface area contributed by atoms with Crippen LogP contribution in [0.2, 0.25) is 0 Å². The molecule has 0 radical (unpaired) electrons. The minimum Gasteiger partial charge on any atom is -0.493 e. The van der Waals surface area contributed by atoms with Gasteiger partial charge in [-0.2, -0.15) is 0 Å². The Morgan fingerprint density at radius 1 is 1.21 bits per heavy atom. The SMILES string of the molecule is CCOc1ccc(-c2nc(Cn3ccccc3=O)cs2)cc1OC. The van der Waals surface area contributed by atoms with Crippen molar-refractivity contribution in [2.24, 2.45) is 0 Å². The fourth-order valence-electron chi connectivity index (χ4n) is 2.35. The number of nitrogens with zero attached hydrogens (tertiary/aromatic N) is 2. The van der Waals surface area contributed by atoms with Crippen LogP contribution in [-0.2, 0) is 6.54 Å². The predicted octanol–water partition coefficient (Wildman–Crippen LogP) is 3.43. The molecule has 0 saturated carbocycles. The van der Waals surface area contributed by atoms with E-state index in [9.17, 15) is 4.79 Å². The molecular formula is C18H18N2O3S. The summed E-state index contributed by atoms with van der Waals surface area (Å²) >= 11 is 1.54. The molecule has 6 heteroatoms. The number of pyridine rings is 1. The van der Waals surface area contributed by atoms with Crippen LogP contribution in [0.15, 0.2) is 52.8 Å². The van der Waals surface area contributed by atoms with Crippen molar-refractivity contribution in [1.29, 1.82) is 0 Å². The minimum absolute atomic E-state index is 0.0326. The Morgan fingerprint density at radius 3 is 2.83 bits per heavy atom. The van der Waals surface area contributed by atoms with Crippen molar-refractivity contribution in [2.75, 3.05) is 13.7 Å². The first-order valence-corrected chi connectivity index (χ1v) is 8.50. The number of thiazole rings is 1. The van der Waals surface area contributed by atoms with Gasteiger partial charge in [0.2, 0.25) is 0 Å². The highest BCUT2D eigenvalue weighted by molar-refractivity contribution is 7.13. The van der Waals surface area contributed by atoms with E-state index in [0.29, 0.717) is 18.9 Å². The zero-order chi connectivity index (χ0) is 16.9. The van der Waals surface area contributed by atoms with E-state index in [2.05, 4.69) is 4.98 Å². The van der Waals surface area contributed by atoms with E-state index < -0.39 is 0 Å². The van der Waals surface area contributed by atoms with E-state index in [1.807, 2.05) is 36.6 Å². The molecule has 0 aliphatic carbocycles. The van der Waals surface area contributed by atoms with E-state index in [1.165, 1.54) is 0 Å². The Labute approximate surface area is 144 Å². The Kier molecular flexibility index (Phi) is 4.96. The molecule has 2 aromatic heterocycles. The molecule has 0 aliphatic rings. The number of ether oxygens (including phenoxy) is 2. The molecule has 0 fully saturated rings. The fourth-order valence-corrected chi connectivity index (χ4v) is 3.16. The van der Waals surface area contributed by atoms with Gasteiger partial charge in [-0.15, -0.1) is 11.3 Å². The first kappa shape index (κ1) is 16.3. The van der Waals surface area contributed by atoms with E-state index in [-0.39, 0.29) is 5.56 Å². The Bertz CT molecular complexity index is 886. The summed E-state index contributed by atoms with van der Waals surface area (Å²) in [6.45, 7) is 2.99. The number of methoxy groups -OCH3 is 1. The monoisotopic (exact) mass is 342 g/mol. The zero-order valence-electron chi connectivity index (χ0n) is 13.6. The summed E-state index contributed by atoms with van der Waals surface area (Å²) in [6, 6.07) is 10.9. The van der Waals surface area contributed by atoms with Gasteiger partial charge in [0.25, 0.3) is 5.56 Å². The maximum absolute atomic E-state index is 11.8. The lowest BCUT2D eigenvalue weighted by atomic mass is 10.2. The molecule has 1 aromatic carbocycles. The summed E-state index contributed by atoms with van der Waals surface area (Å²) in [5, 5.41) is 2.85. The average molecular weight is 342 g/mol. The largest absolute Gasteiger partial charge is 0.493 e. The quantitative estimate of drug-likeness (QED) is 0.689. The average Bonchev–Trinajstić information content (AvgIpc) is 3.06. The Morgan fingerprint density at radius 2 is 2.08 bits per heavy atom. The van der Waals surface area contributed by atoms with Crippen LogP contribution in [0.4, 0.5) is 0 Å². The van der Waals surface area contributed by atoms with Gasteiger partial charge in [-0.1, -0.05) is 6.07 Å². The summed E-state index contributed by atoms with van der Waals surface area (Å²) in [5.74, 6) is 1.40. The topological polar surface area (TPSA) is 53.4 Å². The van der Waals surface area contributed by atoms with Gasteiger partial charge in [-0.3, -0.25) is 4.79 Å². The van der Waals surface area contributed by atoms with Crippen LogP contribution in [-0.4, -0.2) is 23.3 Å². The van der Waals surface area contributed by atoms with Crippen molar-refractivity contribution >= 4 is 11.3 Å². The van der Waals surface area contributed by atoms with E-state index in [0.717, 1.165) is 22.0 Å². The van der Waals surface area contributed by atoms with Gasteiger partial charge in [0, 0.05) is 23.2 Å². The van der Waals surface area contributed by atoms with E-state index in [1.54, 1.807) is 41.3 Å². The highest BCUT2D eigenvalue weighted by Crippen LogP contribution is 2.33. The zero-order valence-corrected chi connectivity index (χ0v) is 14.4. The fraction of sp³-hybridized carbons (Fsp3) is 0.222. The lowest BCUT2D eigenvalue weighted by Crippen LogP contribution is -2.18. The number of rotatable bonds is 6. The minimum atomic E-state index is -0.0326. The molecule has 0 amide bonds. The van der Waals surface area contributed by atoms with E-state index in [4.69, 9.17) is 9.47 Å². The van der Waals surface area contributed by atoms with Crippen LogP contribution in [0.1, 0.15) is 12.6 Å². The van der Waals surface area contributed by atoms with Crippen molar-refractivity contribution < 1.29 is 9.47 Å². The third kappa shape index (κ3) is 3.49. The van der Waals surface area contributed by atoms with Crippen molar-refractivity contribution in [3.63, 3.8) is 0 Å². The highest BCUT2D eigenvalue weighted by Gasteiger charge is 2.10. The van der Waals surface area contributed by atoms with Crippen LogP contribution < -0.4 is 15.0 Å². The van der Waals surface area contributed by atoms with E-state index >= 15 is 0 Å². The molecule has 3 aromatic rings. The number of aromatic nitrogens is 2. The molecule has 24 heavy (non-hydrogen) atoms. The molecule has 0 N–H and O–H groups in total. The molecule has 0 unspecified atom stereocenters. The lowest BCUT2D eigenvalue weighted by Gasteiger charge is -2.10. The summed E-state index contributed by atoms with van der Waals surface area (Å²) in [6.07, 6.45) is 1.77. The second-order valence-corrected chi connectivity index (χ2v) is 5.97. The number of hydrogen-bond donors (Lipinski definition) is 0. The summed E-state index contributed by atoms with van der Waals surface area (Å²) in [5.41, 5.74) is 1.79. The standard InChI is InChI=1S/C18H18N2O3S/c1-3-23-15-8-7-13(10-16(15)22-2)18-19-14(12-24-18)11-20-9-5-4-6-17(20)21/h4-10,12H,3,11H2,1-2H3. The van der Waals surface area contributed by atoms with Crippen molar-refractivity contribution in [2.45, 2.75) is 13.5 Å². The number of benzene rings is 1. The predicted molar refractivity (Wildman–Crippen MR) is 95.1 cm³/mol. The van der Waals surface area contributed by atoms with Gasteiger partial charge < -0.3 is 14.0 Å².